The molecule has 4 rings (SSSR count). The average Bonchev–Trinajstić information content (AvgIpc) is 3.15. The topological polar surface area (TPSA) is 50.4 Å². The maximum absolute atomic E-state index is 4.69. The van der Waals surface area contributed by atoms with Gasteiger partial charge in [0.05, 0.1) is 11.0 Å². The van der Waals surface area contributed by atoms with E-state index in [1.165, 1.54) is 16.7 Å². The van der Waals surface area contributed by atoms with E-state index in [1.807, 2.05) is 40.1 Å². The molecule has 0 aliphatic heterocycles. The number of imidazole rings is 1. The number of aromatic nitrogens is 5. The Bertz CT molecular complexity index is 943. The SMILES string of the molecule is Cc1cc2nc(C[n+]3cnn(Cc4ccccc4)c3)[nH]c2cc1C. The van der Waals surface area contributed by atoms with E-state index in [2.05, 4.69) is 53.2 Å². The van der Waals surface area contributed by atoms with Crippen molar-refractivity contribution in [3.63, 3.8) is 0 Å². The maximum Gasteiger partial charge on any atom is 0.265 e. The number of H-pyrrole nitrogens is 1. The predicted molar refractivity (Wildman–Crippen MR) is 92.6 cm³/mol. The van der Waals surface area contributed by atoms with E-state index < -0.39 is 0 Å². The third kappa shape index (κ3) is 2.93. The molecule has 120 valence electrons. The van der Waals surface area contributed by atoms with Gasteiger partial charge in [-0.05, 0) is 42.7 Å². The number of aryl methyl sites for hydroxylation is 2. The van der Waals surface area contributed by atoms with Crippen LogP contribution >= 0.6 is 0 Å². The van der Waals surface area contributed by atoms with Gasteiger partial charge in [0.25, 0.3) is 6.33 Å². The second-order valence-corrected chi connectivity index (χ2v) is 6.24. The summed E-state index contributed by atoms with van der Waals surface area (Å²) < 4.78 is 3.98. The molecule has 5 nitrogen and oxygen atoms in total. The van der Waals surface area contributed by atoms with Crippen LogP contribution in [0.3, 0.4) is 0 Å². The lowest BCUT2D eigenvalue weighted by molar-refractivity contribution is -0.690. The van der Waals surface area contributed by atoms with Gasteiger partial charge in [0.1, 0.15) is 18.9 Å². The standard InChI is InChI=1S/C19H20N5/c1-14-8-17-18(9-15(14)2)22-19(21-17)11-23-12-20-24(13-23)10-16-6-4-3-5-7-16/h3-9,12-13H,10-11H2,1-2H3,(H,21,22)/q+1. The van der Waals surface area contributed by atoms with Gasteiger partial charge in [-0.3, -0.25) is 0 Å². The zero-order valence-electron chi connectivity index (χ0n) is 13.9. The van der Waals surface area contributed by atoms with E-state index >= 15 is 0 Å². The van der Waals surface area contributed by atoms with Gasteiger partial charge in [0, 0.05) is 5.10 Å². The van der Waals surface area contributed by atoms with E-state index in [1.54, 1.807) is 0 Å². The molecule has 0 bridgehead atoms. The van der Waals surface area contributed by atoms with Crippen molar-refractivity contribution in [3.8, 4) is 0 Å². The van der Waals surface area contributed by atoms with Crippen molar-refractivity contribution in [2.75, 3.05) is 0 Å². The summed E-state index contributed by atoms with van der Waals surface area (Å²) in [5.41, 5.74) is 5.89. The third-order valence-electron chi connectivity index (χ3n) is 4.30. The number of nitrogens with zero attached hydrogens (tertiary/aromatic N) is 4. The molecule has 0 atom stereocenters. The number of rotatable bonds is 4. The first-order chi connectivity index (χ1) is 11.7. The first-order valence-corrected chi connectivity index (χ1v) is 8.08. The first-order valence-electron chi connectivity index (χ1n) is 8.08. The van der Waals surface area contributed by atoms with Crippen molar-refractivity contribution < 1.29 is 4.57 Å². The van der Waals surface area contributed by atoms with Crippen molar-refractivity contribution in [3.05, 3.63) is 77.6 Å². The molecule has 0 aliphatic rings. The minimum atomic E-state index is 0.682. The smallest absolute Gasteiger partial charge is 0.265 e. The molecule has 1 N–H and O–H groups in total. The van der Waals surface area contributed by atoms with Crippen LogP contribution in [0.1, 0.15) is 22.5 Å². The van der Waals surface area contributed by atoms with Gasteiger partial charge in [-0.1, -0.05) is 30.3 Å². The Kier molecular flexibility index (Phi) is 3.61. The lowest BCUT2D eigenvalue weighted by Gasteiger charge is -1.97. The van der Waals surface area contributed by atoms with E-state index in [0.29, 0.717) is 6.54 Å². The maximum atomic E-state index is 4.69. The molecule has 0 saturated heterocycles. The van der Waals surface area contributed by atoms with Gasteiger partial charge in [-0.2, -0.15) is 0 Å². The number of aromatic amines is 1. The Morgan fingerprint density at radius 2 is 1.88 bits per heavy atom. The van der Waals surface area contributed by atoms with Crippen molar-refractivity contribution >= 4 is 11.0 Å². The second-order valence-electron chi connectivity index (χ2n) is 6.24. The molecule has 0 radical (unpaired) electrons. The molecule has 0 unspecified atom stereocenters. The first kappa shape index (κ1) is 14.6. The van der Waals surface area contributed by atoms with Crippen LogP contribution in [-0.4, -0.2) is 19.7 Å². The summed E-state index contributed by atoms with van der Waals surface area (Å²) in [6.07, 6.45) is 3.85. The molecule has 4 aromatic rings. The largest absolute Gasteiger partial charge is 0.339 e. The Labute approximate surface area is 140 Å². The molecule has 0 saturated carbocycles. The lowest BCUT2D eigenvalue weighted by atomic mass is 10.1. The predicted octanol–water partition coefficient (Wildman–Crippen LogP) is 2.76. The molecule has 0 fully saturated rings. The molecule has 2 aromatic carbocycles. The van der Waals surface area contributed by atoms with Crippen molar-refractivity contribution in [1.82, 2.24) is 19.7 Å². The second kappa shape index (κ2) is 5.92. The molecular formula is C19H20N5+. The summed E-state index contributed by atoms with van der Waals surface area (Å²) in [6.45, 7) is 5.69. The summed E-state index contributed by atoms with van der Waals surface area (Å²) in [4.78, 5) is 8.09. The highest BCUT2D eigenvalue weighted by atomic mass is 15.3. The zero-order valence-corrected chi connectivity index (χ0v) is 13.9. The molecule has 24 heavy (non-hydrogen) atoms. The summed E-state index contributed by atoms with van der Waals surface area (Å²) in [5.74, 6) is 0.944. The molecule has 0 aliphatic carbocycles. The number of nitrogens with one attached hydrogen (secondary N) is 1. The average molecular weight is 318 g/mol. The van der Waals surface area contributed by atoms with Crippen LogP contribution in [0.15, 0.2) is 55.1 Å². The van der Waals surface area contributed by atoms with Crippen LogP contribution in [0, 0.1) is 13.8 Å². The Balaban J connectivity index is 1.53. The Morgan fingerprint density at radius 1 is 1.08 bits per heavy atom. The minimum Gasteiger partial charge on any atom is -0.339 e. The number of hydrogen-bond acceptors (Lipinski definition) is 2. The van der Waals surface area contributed by atoms with Crippen LogP contribution in [0.25, 0.3) is 11.0 Å². The van der Waals surface area contributed by atoms with Gasteiger partial charge in [0.2, 0.25) is 6.33 Å². The summed E-state index contributed by atoms with van der Waals surface area (Å²) in [6, 6.07) is 14.6. The van der Waals surface area contributed by atoms with Crippen LogP contribution in [0.5, 0.6) is 0 Å². The fourth-order valence-electron chi connectivity index (χ4n) is 2.87. The van der Waals surface area contributed by atoms with Crippen molar-refractivity contribution in [2.45, 2.75) is 26.9 Å². The van der Waals surface area contributed by atoms with Gasteiger partial charge < -0.3 is 4.98 Å². The summed E-state index contributed by atoms with van der Waals surface area (Å²) >= 11 is 0. The molecule has 2 heterocycles. The fraction of sp³-hybridized carbons (Fsp3) is 0.211. The Hall–Kier alpha value is -2.95. The molecule has 0 spiro atoms. The van der Waals surface area contributed by atoms with Crippen molar-refractivity contribution in [1.29, 1.82) is 0 Å². The fourth-order valence-corrected chi connectivity index (χ4v) is 2.87. The molecular weight excluding hydrogens is 298 g/mol. The summed E-state index contributed by atoms with van der Waals surface area (Å²) in [5, 5.41) is 4.43. The van der Waals surface area contributed by atoms with E-state index in [0.717, 1.165) is 23.4 Å². The number of hydrogen-bond donors (Lipinski definition) is 1. The number of benzene rings is 2. The van der Waals surface area contributed by atoms with Crippen LogP contribution in [0.2, 0.25) is 0 Å². The van der Waals surface area contributed by atoms with E-state index in [-0.39, 0.29) is 0 Å². The Morgan fingerprint density at radius 3 is 2.71 bits per heavy atom. The van der Waals surface area contributed by atoms with Crippen LogP contribution in [-0.2, 0) is 13.1 Å². The molecule has 2 aromatic heterocycles. The van der Waals surface area contributed by atoms with E-state index in [9.17, 15) is 0 Å². The highest BCUT2D eigenvalue weighted by Gasteiger charge is 2.10. The highest BCUT2D eigenvalue weighted by Crippen LogP contribution is 2.17. The molecule has 5 heteroatoms. The van der Waals surface area contributed by atoms with Gasteiger partial charge >= 0.3 is 0 Å². The zero-order chi connectivity index (χ0) is 16.5. The van der Waals surface area contributed by atoms with E-state index in [4.69, 9.17) is 0 Å². The normalized spacial score (nSPS) is 11.2. The molecule has 0 amide bonds. The summed E-state index contributed by atoms with van der Waals surface area (Å²) in [7, 11) is 0. The van der Waals surface area contributed by atoms with Gasteiger partial charge in [-0.25, -0.2) is 9.55 Å². The van der Waals surface area contributed by atoms with Crippen molar-refractivity contribution in [2.24, 2.45) is 0 Å². The number of fused-ring (bicyclic) bond motifs is 1. The van der Waals surface area contributed by atoms with Crippen LogP contribution in [0.4, 0.5) is 0 Å². The van der Waals surface area contributed by atoms with Crippen LogP contribution < -0.4 is 4.57 Å². The minimum absolute atomic E-state index is 0.682. The quantitative estimate of drug-likeness (QED) is 0.588. The third-order valence-corrected chi connectivity index (χ3v) is 4.30. The highest BCUT2D eigenvalue weighted by molar-refractivity contribution is 5.77. The van der Waals surface area contributed by atoms with Gasteiger partial charge in [0.15, 0.2) is 0 Å². The van der Waals surface area contributed by atoms with Gasteiger partial charge in [-0.15, -0.1) is 4.68 Å². The monoisotopic (exact) mass is 318 g/mol. The lowest BCUT2D eigenvalue weighted by Crippen LogP contribution is -2.32.